The molecule has 4 N–H and O–H groups in total. The highest BCUT2D eigenvalue weighted by atomic mass is 15.3. The second-order valence-electron chi connectivity index (χ2n) is 5.91. The van der Waals surface area contributed by atoms with Gasteiger partial charge in [-0.2, -0.15) is 5.10 Å². The van der Waals surface area contributed by atoms with Crippen molar-refractivity contribution in [1.82, 2.24) is 9.78 Å². The third kappa shape index (κ3) is 2.97. The Hall–Kier alpha value is -3.53. The minimum atomic E-state index is 0.741. The largest absolute Gasteiger partial charge is 0.399 e. The molecule has 0 atom stereocenters. The lowest BCUT2D eigenvalue weighted by atomic mass is 10.1. The molecule has 1 aromatic heterocycles. The van der Waals surface area contributed by atoms with E-state index in [1.165, 1.54) is 0 Å². The lowest BCUT2D eigenvalue weighted by molar-refractivity contribution is 0.892. The summed E-state index contributed by atoms with van der Waals surface area (Å²) in [5, 5.41) is 4.82. The summed E-state index contributed by atoms with van der Waals surface area (Å²) in [5.41, 5.74) is 18.1. The summed E-state index contributed by atoms with van der Waals surface area (Å²) in [7, 11) is 0. The third-order valence-corrected chi connectivity index (χ3v) is 4.12. The van der Waals surface area contributed by atoms with Gasteiger partial charge in [-0.15, -0.1) is 0 Å². The Labute approximate surface area is 146 Å². The van der Waals surface area contributed by atoms with Gasteiger partial charge in [-0.1, -0.05) is 42.5 Å². The van der Waals surface area contributed by atoms with Crippen LogP contribution in [0, 0.1) is 0 Å². The fraction of sp³-hybridized carbons (Fsp3) is 0. The fourth-order valence-electron chi connectivity index (χ4n) is 2.80. The molecule has 0 aliphatic carbocycles. The Balaban J connectivity index is 1.89. The van der Waals surface area contributed by atoms with Crippen LogP contribution in [0.5, 0.6) is 0 Å². The Morgan fingerprint density at radius 2 is 1.20 bits per heavy atom. The molecule has 4 aromatic rings. The Morgan fingerprint density at radius 1 is 0.640 bits per heavy atom. The first-order chi connectivity index (χ1) is 12.2. The number of para-hydroxylation sites is 1. The van der Waals surface area contributed by atoms with Crippen LogP contribution >= 0.6 is 0 Å². The molecule has 3 aromatic carbocycles. The van der Waals surface area contributed by atoms with E-state index in [9.17, 15) is 0 Å². The fourth-order valence-corrected chi connectivity index (χ4v) is 2.80. The molecule has 4 nitrogen and oxygen atoms in total. The zero-order valence-electron chi connectivity index (χ0n) is 13.6. The van der Waals surface area contributed by atoms with Crippen LogP contribution in [0.15, 0.2) is 84.9 Å². The molecule has 0 unspecified atom stereocenters. The topological polar surface area (TPSA) is 69.9 Å². The number of hydrogen-bond donors (Lipinski definition) is 2. The summed E-state index contributed by atoms with van der Waals surface area (Å²) in [4.78, 5) is 0. The molecule has 0 saturated carbocycles. The third-order valence-electron chi connectivity index (χ3n) is 4.12. The molecule has 0 bridgehead atoms. The van der Waals surface area contributed by atoms with E-state index >= 15 is 0 Å². The van der Waals surface area contributed by atoms with E-state index in [1.54, 1.807) is 0 Å². The van der Waals surface area contributed by atoms with Crippen LogP contribution in [0.1, 0.15) is 0 Å². The van der Waals surface area contributed by atoms with Gasteiger partial charge in [0.1, 0.15) is 0 Å². The van der Waals surface area contributed by atoms with E-state index in [0.717, 1.165) is 39.6 Å². The van der Waals surface area contributed by atoms with Crippen molar-refractivity contribution >= 4 is 11.4 Å². The lowest BCUT2D eigenvalue weighted by Crippen LogP contribution is -1.99. The Morgan fingerprint density at radius 3 is 1.80 bits per heavy atom. The molecule has 25 heavy (non-hydrogen) atoms. The minimum Gasteiger partial charge on any atom is -0.399 e. The van der Waals surface area contributed by atoms with Crippen molar-refractivity contribution in [3.05, 3.63) is 84.9 Å². The molecule has 4 rings (SSSR count). The number of hydrogen-bond acceptors (Lipinski definition) is 3. The molecule has 0 fully saturated rings. The van der Waals surface area contributed by atoms with Crippen LogP contribution in [0.3, 0.4) is 0 Å². The zero-order chi connectivity index (χ0) is 17.2. The predicted octanol–water partition coefficient (Wildman–Crippen LogP) is 4.37. The van der Waals surface area contributed by atoms with E-state index in [4.69, 9.17) is 16.6 Å². The zero-order valence-corrected chi connectivity index (χ0v) is 13.6. The number of aromatic nitrogens is 2. The Kier molecular flexibility index (Phi) is 3.71. The maximum Gasteiger partial charge on any atom is 0.0934 e. The smallest absolute Gasteiger partial charge is 0.0934 e. The van der Waals surface area contributed by atoms with Crippen LogP contribution < -0.4 is 11.5 Å². The summed E-state index contributed by atoms with van der Waals surface area (Å²) >= 11 is 0. The lowest BCUT2D eigenvalue weighted by Gasteiger charge is -2.07. The van der Waals surface area contributed by atoms with Gasteiger partial charge in [0, 0.05) is 22.5 Å². The van der Waals surface area contributed by atoms with Gasteiger partial charge in [-0.25, -0.2) is 4.68 Å². The summed E-state index contributed by atoms with van der Waals surface area (Å²) in [5.74, 6) is 0. The number of benzene rings is 3. The van der Waals surface area contributed by atoms with Crippen LogP contribution in [0.25, 0.3) is 28.2 Å². The van der Waals surface area contributed by atoms with Gasteiger partial charge in [0.05, 0.1) is 17.1 Å². The average molecular weight is 326 g/mol. The van der Waals surface area contributed by atoms with E-state index < -0.39 is 0 Å². The number of nitrogen functional groups attached to an aromatic ring is 2. The SMILES string of the molecule is Nc1ccc(-c2cc(-c3ccc(N)cc3)n(-c3ccccc3)n2)cc1. The van der Waals surface area contributed by atoms with Crippen LogP contribution in [-0.4, -0.2) is 9.78 Å². The molecule has 0 amide bonds. The molecular weight excluding hydrogens is 308 g/mol. The number of nitrogens with zero attached hydrogens (tertiary/aromatic N) is 2. The number of anilines is 2. The first-order valence-corrected chi connectivity index (χ1v) is 8.08. The van der Waals surface area contributed by atoms with Crippen molar-refractivity contribution in [3.8, 4) is 28.2 Å². The maximum atomic E-state index is 5.83. The molecule has 0 radical (unpaired) electrons. The normalized spacial score (nSPS) is 10.7. The number of rotatable bonds is 3. The van der Waals surface area contributed by atoms with E-state index in [1.807, 2.05) is 83.5 Å². The standard InChI is InChI=1S/C21H18N4/c22-17-10-6-15(7-11-17)20-14-21(16-8-12-18(23)13-9-16)25(24-20)19-4-2-1-3-5-19/h1-14H,22-23H2. The van der Waals surface area contributed by atoms with Crippen LogP contribution in [0.4, 0.5) is 11.4 Å². The molecule has 1 heterocycles. The van der Waals surface area contributed by atoms with Gasteiger partial charge >= 0.3 is 0 Å². The summed E-state index contributed by atoms with van der Waals surface area (Å²) in [6.45, 7) is 0. The van der Waals surface area contributed by atoms with Crippen molar-refractivity contribution in [2.45, 2.75) is 0 Å². The summed E-state index contributed by atoms with van der Waals surface area (Å²) in [6.07, 6.45) is 0. The van der Waals surface area contributed by atoms with Crippen molar-refractivity contribution in [2.75, 3.05) is 11.5 Å². The van der Waals surface area contributed by atoms with Crippen molar-refractivity contribution in [3.63, 3.8) is 0 Å². The first kappa shape index (κ1) is 15.0. The van der Waals surface area contributed by atoms with Crippen molar-refractivity contribution in [1.29, 1.82) is 0 Å². The highest BCUT2D eigenvalue weighted by molar-refractivity contribution is 5.72. The summed E-state index contributed by atoms with van der Waals surface area (Å²) in [6, 6.07) is 27.8. The monoisotopic (exact) mass is 326 g/mol. The molecule has 0 saturated heterocycles. The van der Waals surface area contributed by atoms with Crippen LogP contribution in [0.2, 0.25) is 0 Å². The van der Waals surface area contributed by atoms with E-state index in [0.29, 0.717) is 0 Å². The first-order valence-electron chi connectivity index (χ1n) is 8.08. The predicted molar refractivity (Wildman–Crippen MR) is 103 cm³/mol. The summed E-state index contributed by atoms with van der Waals surface area (Å²) < 4.78 is 1.96. The molecular formula is C21H18N4. The maximum absolute atomic E-state index is 5.83. The van der Waals surface area contributed by atoms with Crippen LogP contribution in [-0.2, 0) is 0 Å². The number of nitrogens with two attached hydrogens (primary N) is 2. The molecule has 0 aliphatic heterocycles. The Bertz CT molecular complexity index is 985. The quantitative estimate of drug-likeness (QED) is 0.549. The van der Waals surface area contributed by atoms with E-state index in [-0.39, 0.29) is 0 Å². The molecule has 122 valence electrons. The van der Waals surface area contributed by atoms with Gasteiger partial charge in [-0.05, 0) is 42.5 Å². The van der Waals surface area contributed by atoms with Gasteiger partial charge < -0.3 is 11.5 Å². The highest BCUT2D eigenvalue weighted by Crippen LogP contribution is 2.29. The minimum absolute atomic E-state index is 0.741. The second kappa shape index (κ2) is 6.17. The highest BCUT2D eigenvalue weighted by Gasteiger charge is 2.13. The van der Waals surface area contributed by atoms with Crippen molar-refractivity contribution < 1.29 is 0 Å². The van der Waals surface area contributed by atoms with Gasteiger partial charge in [0.25, 0.3) is 0 Å². The average Bonchev–Trinajstić information content (AvgIpc) is 3.09. The van der Waals surface area contributed by atoms with Gasteiger partial charge in [0.2, 0.25) is 0 Å². The second-order valence-corrected chi connectivity index (χ2v) is 5.91. The molecule has 0 spiro atoms. The molecule has 0 aliphatic rings. The van der Waals surface area contributed by atoms with Crippen molar-refractivity contribution in [2.24, 2.45) is 0 Å². The van der Waals surface area contributed by atoms with E-state index in [2.05, 4.69) is 6.07 Å². The van der Waals surface area contributed by atoms with Gasteiger partial charge in [0.15, 0.2) is 0 Å². The molecule has 4 heteroatoms. The van der Waals surface area contributed by atoms with Gasteiger partial charge in [-0.3, -0.25) is 0 Å².